The van der Waals surface area contributed by atoms with Crippen LogP contribution in [0.15, 0.2) is 18.3 Å². The molecule has 8 heteroatoms. The summed E-state index contributed by atoms with van der Waals surface area (Å²) in [7, 11) is 0. The van der Waals surface area contributed by atoms with Gasteiger partial charge < -0.3 is 14.7 Å². The molecule has 1 aliphatic rings. The van der Waals surface area contributed by atoms with Crippen molar-refractivity contribution in [2.45, 2.75) is 66.1 Å². The smallest absolute Gasteiger partial charge is 0.337 e. The number of aliphatic carboxylic acids is 1. The predicted octanol–water partition coefficient (Wildman–Crippen LogP) is 6.04. The topological polar surface area (TPSA) is 62.7 Å². The van der Waals surface area contributed by atoms with Crippen LogP contribution in [0.5, 0.6) is 0 Å². The van der Waals surface area contributed by atoms with Gasteiger partial charge in [-0.1, -0.05) is 13.8 Å². The molecule has 5 nitrogen and oxygen atoms in total. The first-order chi connectivity index (χ1) is 15.2. The lowest BCUT2D eigenvalue weighted by Crippen LogP contribution is -2.39. The Labute approximate surface area is 192 Å². The van der Waals surface area contributed by atoms with Crippen molar-refractivity contribution >= 4 is 11.7 Å². The molecule has 0 saturated carbocycles. The number of aryl methyl sites for hydroxylation is 1. The highest BCUT2D eigenvalue weighted by atomic mass is 19.2. The molecule has 1 fully saturated rings. The van der Waals surface area contributed by atoms with Crippen LogP contribution in [0.4, 0.5) is 18.9 Å². The number of carboxylic acids is 1. The van der Waals surface area contributed by atoms with E-state index in [-0.39, 0.29) is 16.5 Å². The van der Waals surface area contributed by atoms with Gasteiger partial charge in [0.05, 0.1) is 11.3 Å². The maximum atomic E-state index is 14.9. The van der Waals surface area contributed by atoms with Crippen LogP contribution in [0.3, 0.4) is 0 Å². The molecule has 1 unspecified atom stereocenters. The number of hydrogen-bond acceptors (Lipinski definition) is 4. The molecule has 0 radical (unpaired) electrons. The number of carboxylic acid groups (broad SMARTS) is 1. The molecule has 0 spiro atoms. The number of rotatable bonds is 5. The minimum atomic E-state index is -1.58. The van der Waals surface area contributed by atoms with Crippen LogP contribution in [0.25, 0.3) is 11.1 Å². The average molecular weight is 465 g/mol. The number of aromatic nitrogens is 1. The minimum Gasteiger partial charge on any atom is -0.479 e. The number of carbonyl (C=O) groups is 1. The highest BCUT2D eigenvalue weighted by Crippen LogP contribution is 2.44. The molecule has 3 rings (SSSR count). The Morgan fingerprint density at radius 2 is 1.73 bits per heavy atom. The van der Waals surface area contributed by atoms with Crippen molar-refractivity contribution in [2.75, 3.05) is 18.0 Å². The van der Waals surface area contributed by atoms with Gasteiger partial charge in [-0.2, -0.15) is 0 Å². The predicted molar refractivity (Wildman–Crippen MR) is 121 cm³/mol. The third-order valence-corrected chi connectivity index (χ3v) is 6.00. The average Bonchev–Trinajstić information content (AvgIpc) is 2.70. The summed E-state index contributed by atoms with van der Waals surface area (Å²) in [4.78, 5) is 18.6. The highest BCUT2D eigenvalue weighted by molar-refractivity contribution is 5.86. The molecule has 0 bridgehead atoms. The molecule has 1 saturated heterocycles. The van der Waals surface area contributed by atoms with Crippen molar-refractivity contribution in [1.29, 1.82) is 0 Å². The summed E-state index contributed by atoms with van der Waals surface area (Å²) in [6, 6.07) is 2.01. The molecule has 33 heavy (non-hydrogen) atoms. The van der Waals surface area contributed by atoms with Crippen LogP contribution in [-0.2, 0) is 9.53 Å². The molecule has 180 valence electrons. The van der Waals surface area contributed by atoms with Gasteiger partial charge in [-0.3, -0.25) is 4.98 Å². The van der Waals surface area contributed by atoms with Crippen LogP contribution >= 0.6 is 0 Å². The van der Waals surface area contributed by atoms with Gasteiger partial charge in [0, 0.05) is 41.7 Å². The van der Waals surface area contributed by atoms with Crippen molar-refractivity contribution in [3.8, 4) is 11.1 Å². The van der Waals surface area contributed by atoms with Gasteiger partial charge in [-0.25, -0.2) is 18.0 Å². The van der Waals surface area contributed by atoms with Gasteiger partial charge in [0.25, 0.3) is 0 Å². The SMILES string of the molecule is Cc1ncc(-c2ccc(F)c(F)c2F)c(N2CCC(C)(C)CC2)c1C(OC(C)(C)C)C(=O)O. The fraction of sp³-hybridized carbons (Fsp3) is 0.520. The zero-order valence-corrected chi connectivity index (χ0v) is 19.9. The fourth-order valence-corrected chi connectivity index (χ4v) is 4.12. The summed E-state index contributed by atoms with van der Waals surface area (Å²) < 4.78 is 48.6. The number of piperidine rings is 1. The number of hydrogen-bond donors (Lipinski definition) is 1. The number of ether oxygens (including phenoxy) is 1. The van der Waals surface area contributed by atoms with Crippen molar-refractivity contribution in [3.05, 3.63) is 47.0 Å². The summed E-state index contributed by atoms with van der Waals surface area (Å²) in [5.41, 5.74) is 0.467. The van der Waals surface area contributed by atoms with Gasteiger partial charge in [0.15, 0.2) is 23.6 Å². The maximum absolute atomic E-state index is 14.9. The van der Waals surface area contributed by atoms with E-state index >= 15 is 0 Å². The molecular weight excluding hydrogens is 433 g/mol. The van der Waals surface area contributed by atoms with Gasteiger partial charge in [-0.15, -0.1) is 0 Å². The van der Waals surface area contributed by atoms with E-state index in [1.807, 2.05) is 4.90 Å². The van der Waals surface area contributed by atoms with Crippen LogP contribution < -0.4 is 4.90 Å². The zero-order chi connectivity index (χ0) is 24.7. The zero-order valence-electron chi connectivity index (χ0n) is 19.9. The number of halogens is 3. The quantitative estimate of drug-likeness (QED) is 0.547. The van der Waals surface area contributed by atoms with Crippen LogP contribution in [0, 0.1) is 29.8 Å². The van der Waals surface area contributed by atoms with Crippen molar-refractivity contribution < 1.29 is 27.8 Å². The van der Waals surface area contributed by atoms with Crippen LogP contribution in [0.1, 0.15) is 64.8 Å². The molecule has 1 aliphatic heterocycles. The van der Waals surface area contributed by atoms with E-state index in [4.69, 9.17) is 4.74 Å². The first-order valence-corrected chi connectivity index (χ1v) is 11.0. The van der Waals surface area contributed by atoms with Gasteiger partial charge in [0.1, 0.15) is 0 Å². The molecular formula is C25H31F3N2O3. The first-order valence-electron chi connectivity index (χ1n) is 11.0. The third kappa shape index (κ3) is 5.32. The molecule has 0 aliphatic carbocycles. The minimum absolute atomic E-state index is 0.0975. The van der Waals surface area contributed by atoms with E-state index in [0.29, 0.717) is 30.0 Å². The number of nitrogens with zero attached hydrogens (tertiary/aromatic N) is 2. The van der Waals surface area contributed by atoms with E-state index in [1.54, 1.807) is 27.7 Å². The highest BCUT2D eigenvalue weighted by Gasteiger charge is 2.36. The number of pyridine rings is 1. The summed E-state index contributed by atoms with van der Waals surface area (Å²) in [5, 5.41) is 10.1. The summed E-state index contributed by atoms with van der Waals surface area (Å²) >= 11 is 0. The van der Waals surface area contributed by atoms with Crippen LogP contribution in [0.2, 0.25) is 0 Å². The van der Waals surface area contributed by atoms with Crippen molar-refractivity contribution in [1.82, 2.24) is 4.98 Å². The second kappa shape index (κ2) is 8.97. The molecule has 1 aromatic carbocycles. The molecule has 2 heterocycles. The third-order valence-electron chi connectivity index (χ3n) is 6.00. The monoisotopic (exact) mass is 464 g/mol. The Morgan fingerprint density at radius 3 is 2.27 bits per heavy atom. The standard InChI is InChI=1S/C25H31F3N2O3/c1-14-18(22(23(31)32)33-24(2,3)4)21(30-11-9-25(5,6)10-12-30)16(13-29-14)15-7-8-17(26)20(28)19(15)27/h7-8,13,22H,9-12H2,1-6H3,(H,31,32). The first kappa shape index (κ1) is 25.0. The Bertz CT molecular complexity index is 1050. The van der Waals surface area contributed by atoms with Crippen LogP contribution in [-0.4, -0.2) is 34.8 Å². The Kier molecular flexibility index (Phi) is 6.80. The van der Waals surface area contributed by atoms with Gasteiger partial charge in [0.2, 0.25) is 0 Å². The van der Waals surface area contributed by atoms with E-state index < -0.39 is 35.1 Å². The maximum Gasteiger partial charge on any atom is 0.337 e. The molecule has 1 atom stereocenters. The van der Waals surface area contributed by atoms with Gasteiger partial charge >= 0.3 is 5.97 Å². The van der Waals surface area contributed by atoms with E-state index in [2.05, 4.69) is 18.8 Å². The normalized spacial score (nSPS) is 17.2. The Hall–Kier alpha value is -2.61. The fourth-order valence-electron chi connectivity index (χ4n) is 4.12. The second-order valence-corrected chi connectivity index (χ2v) is 10.3. The molecule has 1 N–H and O–H groups in total. The van der Waals surface area contributed by atoms with Crippen molar-refractivity contribution in [3.63, 3.8) is 0 Å². The van der Waals surface area contributed by atoms with Gasteiger partial charge in [-0.05, 0) is 58.1 Å². The second-order valence-electron chi connectivity index (χ2n) is 10.3. The lowest BCUT2D eigenvalue weighted by atomic mass is 9.82. The van der Waals surface area contributed by atoms with E-state index in [9.17, 15) is 23.1 Å². The Morgan fingerprint density at radius 1 is 1.12 bits per heavy atom. The number of benzene rings is 1. The molecule has 0 amide bonds. The summed E-state index contributed by atoms with van der Waals surface area (Å²) in [5.74, 6) is -5.43. The Balaban J connectivity index is 2.30. The lowest BCUT2D eigenvalue weighted by molar-refractivity contribution is -0.160. The van der Waals surface area contributed by atoms with Crippen molar-refractivity contribution in [2.24, 2.45) is 5.41 Å². The van der Waals surface area contributed by atoms with E-state index in [1.165, 1.54) is 6.20 Å². The molecule has 1 aromatic heterocycles. The molecule has 2 aromatic rings. The summed E-state index contributed by atoms with van der Waals surface area (Å²) in [6.45, 7) is 12.4. The summed E-state index contributed by atoms with van der Waals surface area (Å²) in [6.07, 6.45) is 1.66. The number of anilines is 1. The largest absolute Gasteiger partial charge is 0.479 e. The lowest BCUT2D eigenvalue weighted by Gasteiger charge is -2.41. The van der Waals surface area contributed by atoms with E-state index in [0.717, 1.165) is 25.0 Å².